The van der Waals surface area contributed by atoms with Gasteiger partial charge in [-0.05, 0) is 18.2 Å². The van der Waals surface area contributed by atoms with Crippen LogP contribution in [0.4, 0.5) is 22.0 Å². The summed E-state index contributed by atoms with van der Waals surface area (Å²) in [5.41, 5.74) is -0.581. The molecule has 0 aliphatic carbocycles. The number of rotatable bonds is 2. The first-order valence-electron chi connectivity index (χ1n) is 3.66. The molecule has 0 amide bonds. The molecule has 15 heavy (non-hydrogen) atoms. The lowest BCUT2D eigenvalue weighted by atomic mass is 10.2. The van der Waals surface area contributed by atoms with Gasteiger partial charge in [-0.25, -0.2) is 8.78 Å². The number of hydrogen-bond acceptors (Lipinski definition) is 2. The molecule has 0 aromatic heterocycles. The fraction of sp³-hybridized carbons (Fsp3) is 0.250. The van der Waals surface area contributed by atoms with Gasteiger partial charge in [0.25, 0.3) is 6.43 Å². The van der Waals surface area contributed by atoms with E-state index in [2.05, 4.69) is 4.74 Å². The molecule has 0 saturated heterocycles. The molecule has 1 aromatic carbocycles. The summed E-state index contributed by atoms with van der Waals surface area (Å²) >= 11 is 0. The summed E-state index contributed by atoms with van der Waals surface area (Å²) in [5.74, 6) is -1.89. The van der Waals surface area contributed by atoms with Gasteiger partial charge in [0.1, 0.15) is 0 Å². The third-order valence-electron chi connectivity index (χ3n) is 1.46. The summed E-state index contributed by atoms with van der Waals surface area (Å²) in [6.07, 6.45) is -7.83. The number of halogens is 5. The minimum Gasteiger partial charge on any atom is -0.504 e. The van der Waals surface area contributed by atoms with Crippen LogP contribution in [-0.4, -0.2) is 11.5 Å². The van der Waals surface area contributed by atoms with Gasteiger partial charge in [0.2, 0.25) is 0 Å². The number of aromatic hydroxyl groups is 1. The van der Waals surface area contributed by atoms with E-state index in [9.17, 15) is 22.0 Å². The molecule has 0 fully saturated rings. The molecule has 0 atom stereocenters. The number of benzene rings is 1. The van der Waals surface area contributed by atoms with E-state index in [0.29, 0.717) is 12.1 Å². The van der Waals surface area contributed by atoms with E-state index in [4.69, 9.17) is 5.11 Å². The summed E-state index contributed by atoms with van der Waals surface area (Å²) in [4.78, 5) is 0. The normalized spacial score (nSPS) is 11.9. The van der Waals surface area contributed by atoms with E-state index in [0.717, 1.165) is 6.07 Å². The van der Waals surface area contributed by atoms with Crippen LogP contribution >= 0.6 is 0 Å². The molecule has 0 unspecified atom stereocenters. The Labute approximate surface area is 80.9 Å². The Morgan fingerprint density at radius 1 is 1.20 bits per heavy atom. The van der Waals surface area contributed by atoms with Gasteiger partial charge >= 0.3 is 6.36 Å². The van der Waals surface area contributed by atoms with Crippen molar-refractivity contribution in [1.29, 1.82) is 0 Å². The molecule has 1 N–H and O–H groups in total. The average molecular weight is 228 g/mol. The number of ether oxygens (including phenoxy) is 1. The van der Waals surface area contributed by atoms with Crippen LogP contribution in [0, 0.1) is 0 Å². The molecular weight excluding hydrogens is 223 g/mol. The molecule has 0 aliphatic heterocycles. The van der Waals surface area contributed by atoms with Crippen molar-refractivity contribution in [3.63, 3.8) is 0 Å². The standard InChI is InChI=1S/C8H5F5O2/c9-7(10)4-1-2-6(5(14)3-4)15-8(11,12)13/h1-3,7,14H. The van der Waals surface area contributed by atoms with Gasteiger partial charge in [-0.15, -0.1) is 13.2 Å². The van der Waals surface area contributed by atoms with E-state index in [1.807, 2.05) is 0 Å². The van der Waals surface area contributed by atoms with Crippen molar-refractivity contribution >= 4 is 0 Å². The number of hydrogen-bond donors (Lipinski definition) is 1. The van der Waals surface area contributed by atoms with Crippen LogP contribution < -0.4 is 4.74 Å². The molecule has 0 bridgehead atoms. The van der Waals surface area contributed by atoms with Gasteiger partial charge in [0.15, 0.2) is 11.5 Å². The zero-order valence-corrected chi connectivity index (χ0v) is 7.05. The smallest absolute Gasteiger partial charge is 0.504 e. The van der Waals surface area contributed by atoms with E-state index >= 15 is 0 Å². The van der Waals surface area contributed by atoms with Crippen LogP contribution in [0.2, 0.25) is 0 Å². The lowest BCUT2D eigenvalue weighted by Gasteiger charge is -2.10. The van der Waals surface area contributed by atoms with Crippen LogP contribution in [0.25, 0.3) is 0 Å². The Hall–Kier alpha value is -1.53. The maximum atomic E-state index is 12.0. The lowest BCUT2D eigenvalue weighted by molar-refractivity contribution is -0.275. The van der Waals surface area contributed by atoms with E-state index in [1.165, 1.54) is 0 Å². The molecule has 84 valence electrons. The Morgan fingerprint density at radius 3 is 2.20 bits per heavy atom. The molecule has 0 radical (unpaired) electrons. The van der Waals surface area contributed by atoms with Crippen LogP contribution in [0.1, 0.15) is 12.0 Å². The van der Waals surface area contributed by atoms with Gasteiger partial charge in [-0.1, -0.05) is 0 Å². The van der Waals surface area contributed by atoms with Crippen molar-refractivity contribution in [3.05, 3.63) is 23.8 Å². The highest BCUT2D eigenvalue weighted by Gasteiger charge is 2.32. The molecule has 0 aliphatic rings. The van der Waals surface area contributed by atoms with Gasteiger partial charge in [-0.3, -0.25) is 0 Å². The maximum absolute atomic E-state index is 12.0. The maximum Gasteiger partial charge on any atom is 0.573 e. The minimum atomic E-state index is -4.97. The molecule has 0 heterocycles. The highest BCUT2D eigenvalue weighted by molar-refractivity contribution is 5.42. The van der Waals surface area contributed by atoms with Gasteiger partial charge < -0.3 is 9.84 Å². The Kier molecular flexibility index (Phi) is 3.01. The number of phenolic OH excluding ortho intramolecular Hbond substituents is 1. The molecule has 1 rings (SSSR count). The topological polar surface area (TPSA) is 29.5 Å². The third kappa shape index (κ3) is 3.26. The second kappa shape index (κ2) is 3.92. The quantitative estimate of drug-likeness (QED) is 0.787. The minimum absolute atomic E-state index is 0.520. The fourth-order valence-corrected chi connectivity index (χ4v) is 0.881. The SMILES string of the molecule is Oc1cc(C(F)F)ccc1OC(F)(F)F. The molecule has 1 aromatic rings. The Balaban J connectivity index is 2.94. The van der Waals surface area contributed by atoms with Crippen molar-refractivity contribution in [3.8, 4) is 11.5 Å². The van der Waals surface area contributed by atoms with E-state index < -0.39 is 29.9 Å². The largest absolute Gasteiger partial charge is 0.573 e. The second-order valence-corrected chi connectivity index (χ2v) is 2.58. The Morgan fingerprint density at radius 2 is 1.80 bits per heavy atom. The highest BCUT2D eigenvalue weighted by atomic mass is 19.4. The number of alkyl halides is 5. The van der Waals surface area contributed by atoms with E-state index in [1.54, 1.807) is 0 Å². The summed E-state index contributed by atoms with van der Waals surface area (Å²) in [7, 11) is 0. The number of phenols is 1. The van der Waals surface area contributed by atoms with Gasteiger partial charge in [0, 0.05) is 5.56 Å². The second-order valence-electron chi connectivity index (χ2n) is 2.58. The first-order chi connectivity index (χ1) is 6.79. The van der Waals surface area contributed by atoms with Crippen molar-refractivity contribution in [1.82, 2.24) is 0 Å². The monoisotopic (exact) mass is 228 g/mol. The highest BCUT2D eigenvalue weighted by Crippen LogP contribution is 2.34. The lowest BCUT2D eigenvalue weighted by Crippen LogP contribution is -2.17. The van der Waals surface area contributed by atoms with Crippen molar-refractivity contribution < 1.29 is 31.8 Å². The van der Waals surface area contributed by atoms with Crippen LogP contribution in [-0.2, 0) is 0 Å². The van der Waals surface area contributed by atoms with Crippen molar-refractivity contribution in [2.75, 3.05) is 0 Å². The Bertz CT molecular complexity index is 347. The first kappa shape index (κ1) is 11.5. The third-order valence-corrected chi connectivity index (χ3v) is 1.46. The predicted octanol–water partition coefficient (Wildman–Crippen LogP) is 3.23. The van der Waals surface area contributed by atoms with Crippen LogP contribution in [0.3, 0.4) is 0 Å². The molecular formula is C8H5F5O2. The predicted molar refractivity (Wildman–Crippen MR) is 39.7 cm³/mol. The van der Waals surface area contributed by atoms with Gasteiger partial charge in [-0.2, -0.15) is 0 Å². The molecule has 7 heteroatoms. The zero-order valence-electron chi connectivity index (χ0n) is 7.05. The summed E-state index contributed by atoms with van der Waals surface area (Å²) in [6.45, 7) is 0. The van der Waals surface area contributed by atoms with Crippen LogP contribution in [0.15, 0.2) is 18.2 Å². The molecule has 0 spiro atoms. The zero-order chi connectivity index (χ0) is 11.6. The van der Waals surface area contributed by atoms with Crippen molar-refractivity contribution in [2.24, 2.45) is 0 Å². The fourth-order valence-electron chi connectivity index (χ4n) is 0.881. The molecule has 2 nitrogen and oxygen atoms in total. The summed E-state index contributed by atoms with van der Waals surface area (Å²) < 4.78 is 62.6. The molecule has 0 saturated carbocycles. The summed E-state index contributed by atoms with van der Waals surface area (Å²) in [6, 6.07) is 1.89. The van der Waals surface area contributed by atoms with Crippen molar-refractivity contribution in [2.45, 2.75) is 12.8 Å². The average Bonchev–Trinajstić information content (AvgIpc) is 2.05. The van der Waals surface area contributed by atoms with Gasteiger partial charge in [0.05, 0.1) is 0 Å². The summed E-state index contributed by atoms with van der Waals surface area (Å²) in [5, 5.41) is 8.95. The first-order valence-corrected chi connectivity index (χ1v) is 3.66. The van der Waals surface area contributed by atoms with Crippen LogP contribution in [0.5, 0.6) is 11.5 Å². The van der Waals surface area contributed by atoms with E-state index in [-0.39, 0.29) is 0 Å².